The molecule has 122 valence electrons. The minimum atomic E-state index is -3.57. The summed E-state index contributed by atoms with van der Waals surface area (Å²) in [5.41, 5.74) is 2.46. The SMILES string of the molecule is O=S(=O)(Nc1ccnn1C1CCC1)c1ccc2c(c1)CCCC2. The van der Waals surface area contributed by atoms with Gasteiger partial charge in [-0.1, -0.05) is 6.07 Å². The molecule has 5 nitrogen and oxygen atoms in total. The van der Waals surface area contributed by atoms with Gasteiger partial charge < -0.3 is 0 Å². The van der Waals surface area contributed by atoms with Gasteiger partial charge in [0.2, 0.25) is 0 Å². The van der Waals surface area contributed by atoms with Crippen molar-refractivity contribution < 1.29 is 8.42 Å². The summed E-state index contributed by atoms with van der Waals surface area (Å²) in [5.74, 6) is 0.562. The van der Waals surface area contributed by atoms with Crippen LogP contribution in [0, 0.1) is 0 Å². The third-order valence-electron chi connectivity index (χ3n) is 4.96. The molecule has 2 aliphatic rings. The Morgan fingerprint density at radius 2 is 1.83 bits per heavy atom. The summed E-state index contributed by atoms with van der Waals surface area (Å²) in [5, 5.41) is 4.28. The van der Waals surface area contributed by atoms with E-state index in [1.54, 1.807) is 23.0 Å². The lowest BCUT2D eigenvalue weighted by molar-refractivity contribution is 0.293. The Hall–Kier alpha value is -1.82. The van der Waals surface area contributed by atoms with Crippen LogP contribution < -0.4 is 4.72 Å². The highest BCUT2D eigenvalue weighted by molar-refractivity contribution is 7.92. The highest BCUT2D eigenvalue weighted by Gasteiger charge is 2.25. The Morgan fingerprint density at radius 1 is 1.04 bits per heavy atom. The molecular formula is C17H21N3O2S. The Bertz CT molecular complexity index is 822. The molecule has 1 heterocycles. The lowest BCUT2D eigenvalue weighted by Crippen LogP contribution is -2.23. The van der Waals surface area contributed by atoms with E-state index in [-0.39, 0.29) is 0 Å². The van der Waals surface area contributed by atoms with E-state index < -0.39 is 10.0 Å². The van der Waals surface area contributed by atoms with Crippen LogP contribution in [-0.4, -0.2) is 18.2 Å². The molecule has 6 heteroatoms. The molecule has 0 saturated heterocycles. The summed E-state index contributed by atoms with van der Waals surface area (Å²) < 4.78 is 29.9. The summed E-state index contributed by atoms with van der Waals surface area (Å²) >= 11 is 0. The van der Waals surface area contributed by atoms with Gasteiger partial charge >= 0.3 is 0 Å². The van der Waals surface area contributed by atoms with E-state index in [9.17, 15) is 8.42 Å². The molecule has 0 bridgehead atoms. The number of rotatable bonds is 4. The van der Waals surface area contributed by atoms with Crippen LogP contribution in [-0.2, 0) is 22.9 Å². The van der Waals surface area contributed by atoms with E-state index >= 15 is 0 Å². The van der Waals surface area contributed by atoms with Crippen molar-refractivity contribution in [3.63, 3.8) is 0 Å². The molecular weight excluding hydrogens is 310 g/mol. The number of benzene rings is 1. The van der Waals surface area contributed by atoms with Gasteiger partial charge in [0, 0.05) is 6.07 Å². The fourth-order valence-electron chi connectivity index (χ4n) is 3.39. The van der Waals surface area contributed by atoms with E-state index in [2.05, 4.69) is 9.82 Å². The highest BCUT2D eigenvalue weighted by atomic mass is 32.2. The molecule has 0 amide bonds. The quantitative estimate of drug-likeness (QED) is 0.935. The van der Waals surface area contributed by atoms with Crippen LogP contribution in [0.3, 0.4) is 0 Å². The summed E-state index contributed by atoms with van der Waals surface area (Å²) in [6.07, 6.45) is 9.32. The van der Waals surface area contributed by atoms with Gasteiger partial charge in [-0.2, -0.15) is 5.10 Å². The smallest absolute Gasteiger partial charge is 0.263 e. The van der Waals surface area contributed by atoms with Gasteiger partial charge in [-0.3, -0.25) is 4.72 Å². The Labute approximate surface area is 136 Å². The number of nitrogens with zero attached hydrogens (tertiary/aromatic N) is 2. The molecule has 0 spiro atoms. The topological polar surface area (TPSA) is 64.0 Å². The van der Waals surface area contributed by atoms with Crippen molar-refractivity contribution >= 4 is 15.8 Å². The fraction of sp³-hybridized carbons (Fsp3) is 0.471. The van der Waals surface area contributed by atoms with Crippen LogP contribution in [0.4, 0.5) is 5.82 Å². The molecule has 1 N–H and O–H groups in total. The number of anilines is 1. The minimum absolute atomic E-state index is 0.325. The molecule has 0 atom stereocenters. The van der Waals surface area contributed by atoms with Crippen molar-refractivity contribution in [1.82, 2.24) is 9.78 Å². The van der Waals surface area contributed by atoms with E-state index in [1.165, 1.54) is 24.0 Å². The molecule has 1 fully saturated rings. The van der Waals surface area contributed by atoms with Crippen molar-refractivity contribution in [3.05, 3.63) is 41.6 Å². The second kappa shape index (κ2) is 5.67. The standard InChI is InChI=1S/C17H21N3O2S/c21-23(22,16-9-8-13-4-1-2-5-14(13)12-16)19-17-10-11-18-20(17)15-6-3-7-15/h8-12,15,19H,1-7H2. The molecule has 1 aromatic carbocycles. The average molecular weight is 331 g/mol. The molecule has 1 aromatic heterocycles. The van der Waals surface area contributed by atoms with Crippen LogP contribution >= 0.6 is 0 Å². The maximum atomic E-state index is 12.7. The normalized spacial score (nSPS) is 18.3. The average Bonchev–Trinajstić information content (AvgIpc) is 2.92. The van der Waals surface area contributed by atoms with Crippen molar-refractivity contribution in [3.8, 4) is 0 Å². The van der Waals surface area contributed by atoms with Crippen molar-refractivity contribution in [2.24, 2.45) is 0 Å². The van der Waals surface area contributed by atoms with Gasteiger partial charge in [-0.25, -0.2) is 13.1 Å². The van der Waals surface area contributed by atoms with Crippen LogP contribution in [0.2, 0.25) is 0 Å². The third-order valence-corrected chi connectivity index (χ3v) is 6.31. The first-order chi connectivity index (χ1) is 11.1. The summed E-state index contributed by atoms with van der Waals surface area (Å²) in [4.78, 5) is 0.347. The number of aromatic nitrogens is 2. The lowest BCUT2D eigenvalue weighted by Gasteiger charge is -2.27. The Morgan fingerprint density at radius 3 is 2.57 bits per heavy atom. The highest BCUT2D eigenvalue weighted by Crippen LogP contribution is 2.34. The van der Waals surface area contributed by atoms with Crippen LogP contribution in [0.25, 0.3) is 0 Å². The number of fused-ring (bicyclic) bond motifs is 1. The third kappa shape index (κ3) is 2.76. The number of hydrogen-bond acceptors (Lipinski definition) is 3. The molecule has 0 aliphatic heterocycles. The van der Waals surface area contributed by atoms with E-state index in [0.717, 1.165) is 32.1 Å². The molecule has 0 unspecified atom stereocenters. The monoisotopic (exact) mass is 331 g/mol. The predicted molar refractivity (Wildman–Crippen MR) is 89.0 cm³/mol. The zero-order valence-corrected chi connectivity index (χ0v) is 13.8. The first kappa shape index (κ1) is 14.8. The maximum Gasteiger partial charge on any atom is 0.263 e. The first-order valence-electron chi connectivity index (χ1n) is 8.32. The zero-order chi connectivity index (χ0) is 15.9. The van der Waals surface area contributed by atoms with Crippen molar-refractivity contribution in [2.75, 3.05) is 4.72 Å². The van der Waals surface area contributed by atoms with Crippen LogP contribution in [0.15, 0.2) is 35.4 Å². The van der Waals surface area contributed by atoms with Gasteiger partial charge in [0.25, 0.3) is 10.0 Å². The predicted octanol–water partition coefficient (Wildman–Crippen LogP) is 3.29. The van der Waals surface area contributed by atoms with E-state index in [4.69, 9.17) is 0 Å². The lowest BCUT2D eigenvalue weighted by atomic mass is 9.92. The largest absolute Gasteiger partial charge is 0.264 e. The number of sulfonamides is 1. The van der Waals surface area contributed by atoms with Gasteiger partial charge in [-0.05, 0) is 68.2 Å². The van der Waals surface area contributed by atoms with Crippen LogP contribution in [0.5, 0.6) is 0 Å². The van der Waals surface area contributed by atoms with Gasteiger partial charge in [0.1, 0.15) is 5.82 Å². The fourth-order valence-corrected chi connectivity index (χ4v) is 4.49. The van der Waals surface area contributed by atoms with Gasteiger partial charge in [0.15, 0.2) is 0 Å². The van der Waals surface area contributed by atoms with Crippen LogP contribution in [0.1, 0.15) is 49.3 Å². The molecule has 2 aromatic rings. The molecule has 4 rings (SSSR count). The number of hydrogen-bond donors (Lipinski definition) is 1. The zero-order valence-electron chi connectivity index (χ0n) is 13.0. The van der Waals surface area contributed by atoms with E-state index in [0.29, 0.717) is 16.8 Å². The maximum absolute atomic E-state index is 12.7. The second-order valence-corrected chi connectivity index (χ2v) is 8.17. The molecule has 2 aliphatic carbocycles. The van der Waals surface area contributed by atoms with Gasteiger partial charge in [-0.15, -0.1) is 0 Å². The van der Waals surface area contributed by atoms with Crippen molar-refractivity contribution in [1.29, 1.82) is 0 Å². The molecule has 23 heavy (non-hydrogen) atoms. The summed E-state index contributed by atoms with van der Waals surface area (Å²) in [6.45, 7) is 0. The first-order valence-corrected chi connectivity index (χ1v) is 9.80. The van der Waals surface area contributed by atoms with E-state index in [1.807, 2.05) is 12.1 Å². The van der Waals surface area contributed by atoms with Crippen molar-refractivity contribution in [2.45, 2.75) is 55.9 Å². The Kier molecular flexibility index (Phi) is 3.64. The Balaban J connectivity index is 1.62. The molecule has 1 saturated carbocycles. The number of aryl methyl sites for hydroxylation is 2. The summed E-state index contributed by atoms with van der Waals surface area (Å²) in [6, 6.07) is 7.57. The second-order valence-electron chi connectivity index (χ2n) is 6.49. The van der Waals surface area contributed by atoms with Gasteiger partial charge in [0.05, 0.1) is 17.1 Å². The minimum Gasteiger partial charge on any atom is -0.264 e. The molecule has 0 radical (unpaired) electrons. The summed E-state index contributed by atoms with van der Waals surface area (Å²) in [7, 11) is -3.57. The number of nitrogens with one attached hydrogen (secondary N) is 1.